The maximum Gasteiger partial charge on any atom is 0.300 e. The minimum atomic E-state index is -0.833. The molecule has 2 aliphatic rings. The minimum Gasteiger partial charge on any atom is -0.481 e. The van der Waals surface area contributed by atoms with E-state index in [0.717, 1.165) is 12.8 Å². The summed E-state index contributed by atoms with van der Waals surface area (Å²) >= 11 is 0. The lowest BCUT2D eigenvalue weighted by atomic mass is 9.85. The van der Waals surface area contributed by atoms with Crippen LogP contribution in [0.1, 0.15) is 39.0 Å². The average molecular weight is 186 g/mol. The molecule has 2 aliphatic carbocycles. The van der Waals surface area contributed by atoms with Crippen LogP contribution >= 0.6 is 0 Å². The molecule has 0 amide bonds. The zero-order chi connectivity index (χ0) is 9.90. The summed E-state index contributed by atoms with van der Waals surface area (Å²) in [7, 11) is 0. The van der Waals surface area contributed by atoms with Crippen molar-refractivity contribution in [3.8, 4) is 0 Å². The van der Waals surface area contributed by atoms with E-state index in [0.29, 0.717) is 12.0 Å². The van der Waals surface area contributed by atoms with Crippen LogP contribution in [-0.2, 0) is 4.79 Å². The number of rotatable bonds is 1. The number of carboxylic acid groups (broad SMARTS) is 1. The third kappa shape index (κ3) is 2.69. The van der Waals surface area contributed by atoms with E-state index in [1.165, 1.54) is 32.1 Å². The van der Waals surface area contributed by atoms with E-state index in [-0.39, 0.29) is 0 Å². The van der Waals surface area contributed by atoms with Crippen molar-refractivity contribution < 1.29 is 15.0 Å². The molecule has 0 spiro atoms. The smallest absolute Gasteiger partial charge is 0.300 e. The summed E-state index contributed by atoms with van der Waals surface area (Å²) in [6.45, 7) is 1.53. The molecule has 0 aromatic heterocycles. The Morgan fingerprint density at radius 3 is 2.08 bits per heavy atom. The molecule has 3 nitrogen and oxygen atoms in total. The van der Waals surface area contributed by atoms with E-state index in [1.54, 1.807) is 0 Å². The molecule has 2 saturated carbocycles. The molecule has 0 atom stereocenters. The van der Waals surface area contributed by atoms with Gasteiger partial charge in [0.05, 0.1) is 0 Å². The van der Waals surface area contributed by atoms with Gasteiger partial charge in [0.1, 0.15) is 0 Å². The van der Waals surface area contributed by atoms with Crippen molar-refractivity contribution in [3.63, 3.8) is 0 Å². The van der Waals surface area contributed by atoms with E-state index < -0.39 is 5.97 Å². The first-order valence-corrected chi connectivity index (χ1v) is 4.88. The normalized spacial score (nSPS) is 35.4. The number of hydrogen-bond donors (Lipinski definition) is 2. The Labute approximate surface area is 78.8 Å². The summed E-state index contributed by atoms with van der Waals surface area (Å²) in [6.07, 6.45) is 6.70. The first-order chi connectivity index (χ1) is 6.08. The van der Waals surface area contributed by atoms with E-state index in [1.807, 2.05) is 0 Å². The number of aliphatic carboxylic acids is 1. The topological polar surface area (TPSA) is 57.5 Å². The molecule has 2 rings (SSSR count). The summed E-state index contributed by atoms with van der Waals surface area (Å²) in [4.78, 5) is 9.00. The third-order valence-corrected chi connectivity index (χ3v) is 3.22. The number of carboxylic acids is 1. The van der Waals surface area contributed by atoms with Crippen LogP contribution in [0.2, 0.25) is 0 Å². The van der Waals surface area contributed by atoms with Gasteiger partial charge in [-0.05, 0) is 43.4 Å². The van der Waals surface area contributed by atoms with Crippen molar-refractivity contribution >= 4 is 5.97 Å². The van der Waals surface area contributed by atoms with E-state index >= 15 is 0 Å². The highest BCUT2D eigenvalue weighted by Crippen LogP contribution is 2.53. The Hall–Kier alpha value is -0.570. The fraction of sp³-hybridized carbons (Fsp3) is 0.900. The number of aliphatic hydroxyl groups is 1. The fourth-order valence-corrected chi connectivity index (χ4v) is 2.53. The highest BCUT2D eigenvalue weighted by Gasteiger charge is 2.43. The Kier molecular flexibility index (Phi) is 3.31. The number of hydrogen-bond acceptors (Lipinski definition) is 2. The maximum absolute atomic E-state index is 9.04. The standard InChI is InChI=1S/C8H14O.C2H4O2/c9-6-8-3-1-7(5-8)2-4-8;1-2(3)4/h7,9H,1-6H2;1H3,(H,3,4). The molecule has 0 heterocycles. The Balaban J connectivity index is 0.000000184. The van der Waals surface area contributed by atoms with Gasteiger partial charge in [0.25, 0.3) is 5.97 Å². The lowest BCUT2D eigenvalue weighted by Gasteiger charge is -2.22. The lowest BCUT2D eigenvalue weighted by Crippen LogP contribution is -2.18. The Bertz CT molecular complexity index is 177. The van der Waals surface area contributed by atoms with Gasteiger partial charge in [0, 0.05) is 13.5 Å². The molecular weight excluding hydrogens is 168 g/mol. The van der Waals surface area contributed by atoms with Gasteiger partial charge in [0.2, 0.25) is 0 Å². The SMILES string of the molecule is CC(=O)O.OCC12CCC(CC1)C2. The van der Waals surface area contributed by atoms with Crippen LogP contribution in [-0.4, -0.2) is 22.8 Å². The molecule has 0 aliphatic heterocycles. The van der Waals surface area contributed by atoms with Gasteiger partial charge in [-0.15, -0.1) is 0 Å². The molecule has 2 N–H and O–H groups in total. The van der Waals surface area contributed by atoms with Crippen molar-refractivity contribution in [1.29, 1.82) is 0 Å². The number of aliphatic hydroxyl groups excluding tert-OH is 1. The summed E-state index contributed by atoms with van der Waals surface area (Å²) in [5.41, 5.74) is 0.407. The van der Waals surface area contributed by atoms with Gasteiger partial charge in [-0.1, -0.05) is 0 Å². The molecule has 0 unspecified atom stereocenters. The zero-order valence-electron chi connectivity index (χ0n) is 8.12. The summed E-state index contributed by atoms with van der Waals surface area (Å²) < 4.78 is 0. The van der Waals surface area contributed by atoms with Crippen LogP contribution in [0, 0.1) is 11.3 Å². The van der Waals surface area contributed by atoms with E-state index in [2.05, 4.69) is 0 Å². The molecule has 0 radical (unpaired) electrons. The van der Waals surface area contributed by atoms with Crippen LogP contribution in [0.15, 0.2) is 0 Å². The van der Waals surface area contributed by atoms with Crippen LogP contribution in [0.4, 0.5) is 0 Å². The molecule has 2 bridgehead atoms. The van der Waals surface area contributed by atoms with Gasteiger partial charge in [-0.3, -0.25) is 4.79 Å². The second-order valence-electron chi connectivity index (χ2n) is 4.32. The largest absolute Gasteiger partial charge is 0.481 e. The summed E-state index contributed by atoms with van der Waals surface area (Å²) in [5, 5.41) is 16.5. The van der Waals surface area contributed by atoms with Gasteiger partial charge < -0.3 is 10.2 Å². The monoisotopic (exact) mass is 186 g/mol. The van der Waals surface area contributed by atoms with Gasteiger partial charge in [0.15, 0.2) is 0 Å². The van der Waals surface area contributed by atoms with E-state index in [4.69, 9.17) is 15.0 Å². The second kappa shape index (κ2) is 4.09. The maximum atomic E-state index is 9.04. The number of fused-ring (bicyclic) bond motifs is 2. The van der Waals surface area contributed by atoms with Crippen molar-refractivity contribution in [2.45, 2.75) is 39.0 Å². The van der Waals surface area contributed by atoms with Gasteiger partial charge in [-0.2, -0.15) is 0 Å². The minimum absolute atomic E-state index is 0.407. The Morgan fingerprint density at radius 1 is 1.46 bits per heavy atom. The van der Waals surface area contributed by atoms with Gasteiger partial charge in [-0.25, -0.2) is 0 Å². The molecule has 0 aromatic carbocycles. The van der Waals surface area contributed by atoms with Crippen molar-refractivity contribution in [1.82, 2.24) is 0 Å². The first-order valence-electron chi connectivity index (χ1n) is 4.88. The molecule has 2 fully saturated rings. The Morgan fingerprint density at radius 2 is 1.92 bits per heavy atom. The van der Waals surface area contributed by atoms with Crippen molar-refractivity contribution in [2.75, 3.05) is 6.61 Å². The molecular formula is C10H18O3. The predicted molar refractivity (Wildman–Crippen MR) is 49.4 cm³/mol. The van der Waals surface area contributed by atoms with Crippen LogP contribution < -0.4 is 0 Å². The number of carbonyl (C=O) groups is 1. The van der Waals surface area contributed by atoms with E-state index in [9.17, 15) is 0 Å². The average Bonchev–Trinajstić information content (AvgIpc) is 2.62. The van der Waals surface area contributed by atoms with Gasteiger partial charge >= 0.3 is 0 Å². The fourth-order valence-electron chi connectivity index (χ4n) is 2.53. The highest BCUT2D eigenvalue weighted by atomic mass is 16.4. The highest BCUT2D eigenvalue weighted by molar-refractivity contribution is 5.62. The molecule has 13 heavy (non-hydrogen) atoms. The summed E-state index contributed by atoms with van der Waals surface area (Å²) in [6, 6.07) is 0. The van der Waals surface area contributed by atoms with Crippen LogP contribution in [0.25, 0.3) is 0 Å². The van der Waals surface area contributed by atoms with Crippen molar-refractivity contribution in [2.24, 2.45) is 11.3 Å². The molecule has 0 aromatic rings. The molecule has 76 valence electrons. The van der Waals surface area contributed by atoms with Crippen LogP contribution in [0.3, 0.4) is 0 Å². The molecule has 3 heteroatoms. The second-order valence-corrected chi connectivity index (χ2v) is 4.32. The quantitative estimate of drug-likeness (QED) is 0.654. The van der Waals surface area contributed by atoms with Crippen LogP contribution in [0.5, 0.6) is 0 Å². The third-order valence-electron chi connectivity index (χ3n) is 3.22. The zero-order valence-corrected chi connectivity index (χ0v) is 8.12. The molecule has 0 saturated heterocycles. The summed E-state index contributed by atoms with van der Waals surface area (Å²) in [5.74, 6) is 0.150. The lowest BCUT2D eigenvalue weighted by molar-refractivity contribution is -0.134. The predicted octanol–water partition coefficient (Wildman–Crippen LogP) is 1.65. The first kappa shape index (κ1) is 10.5. The van der Waals surface area contributed by atoms with Crippen molar-refractivity contribution in [3.05, 3.63) is 0 Å².